The third kappa shape index (κ3) is 8.71. The van der Waals surface area contributed by atoms with Crippen LogP contribution in [0.15, 0.2) is 54.1 Å². The van der Waals surface area contributed by atoms with E-state index in [-0.39, 0.29) is 38.4 Å². The number of ether oxygens (including phenoxy) is 2. The number of rotatable bonds is 12. The topological polar surface area (TPSA) is 160 Å². The second-order valence-electron chi connectivity index (χ2n) is 7.77. The molecule has 0 saturated heterocycles. The Bertz CT molecular complexity index is 1140. The standard InChI is InChI=1S/C26H29N3O7/c1-3-35-23(32)13-15-29(14-12-22(30)31)25(33)17(2)16-18-4-6-20(7-5-18)26(34)36-21-10-8-19(9-11-21)24(27)28/h4-11,16H,3,12-15H2,1-2H3,(H3,27,28)(H,30,31). The molecular weight excluding hydrogens is 466 g/mol. The van der Waals surface area contributed by atoms with Gasteiger partial charge in [-0.05, 0) is 61.9 Å². The van der Waals surface area contributed by atoms with Crippen molar-refractivity contribution in [2.75, 3.05) is 19.7 Å². The van der Waals surface area contributed by atoms with Gasteiger partial charge in [0.15, 0.2) is 0 Å². The SMILES string of the molecule is CCOC(=O)CCN(CCC(=O)O)C(=O)C(C)=Cc1ccc(C(=O)Oc2ccc(C(=N)N)cc2)cc1. The van der Waals surface area contributed by atoms with Gasteiger partial charge in [0.25, 0.3) is 0 Å². The number of carbonyl (C=O) groups is 4. The van der Waals surface area contributed by atoms with E-state index in [4.69, 9.17) is 25.7 Å². The highest BCUT2D eigenvalue weighted by molar-refractivity contribution is 5.98. The van der Waals surface area contributed by atoms with Crippen molar-refractivity contribution in [1.29, 1.82) is 5.41 Å². The molecule has 0 saturated carbocycles. The van der Waals surface area contributed by atoms with Crippen LogP contribution in [0.2, 0.25) is 0 Å². The first-order chi connectivity index (χ1) is 17.1. The Morgan fingerprint density at radius 1 is 0.972 bits per heavy atom. The number of esters is 2. The molecule has 0 atom stereocenters. The lowest BCUT2D eigenvalue weighted by Gasteiger charge is -2.22. The molecule has 36 heavy (non-hydrogen) atoms. The first-order valence-corrected chi connectivity index (χ1v) is 11.2. The van der Waals surface area contributed by atoms with Gasteiger partial charge in [0, 0.05) is 24.2 Å². The van der Waals surface area contributed by atoms with Crippen LogP contribution in [0.5, 0.6) is 5.75 Å². The van der Waals surface area contributed by atoms with Crippen LogP contribution in [-0.2, 0) is 19.1 Å². The number of carboxylic acid groups (broad SMARTS) is 1. The maximum absolute atomic E-state index is 12.9. The molecule has 2 rings (SSSR count). The number of carboxylic acids is 1. The molecule has 0 spiro atoms. The second-order valence-corrected chi connectivity index (χ2v) is 7.77. The Morgan fingerprint density at radius 2 is 1.56 bits per heavy atom. The largest absolute Gasteiger partial charge is 0.481 e. The first-order valence-electron chi connectivity index (χ1n) is 11.2. The summed E-state index contributed by atoms with van der Waals surface area (Å²) in [6.07, 6.45) is 1.31. The summed E-state index contributed by atoms with van der Waals surface area (Å²) >= 11 is 0. The number of carbonyl (C=O) groups excluding carboxylic acids is 3. The molecule has 0 heterocycles. The van der Waals surface area contributed by atoms with Crippen LogP contribution in [0.1, 0.15) is 48.2 Å². The lowest BCUT2D eigenvalue weighted by Crippen LogP contribution is -2.35. The number of nitrogens with zero attached hydrogens (tertiary/aromatic N) is 1. The van der Waals surface area contributed by atoms with Gasteiger partial charge in [-0.3, -0.25) is 19.8 Å². The van der Waals surface area contributed by atoms with Gasteiger partial charge in [-0.2, -0.15) is 0 Å². The highest BCUT2D eigenvalue weighted by Crippen LogP contribution is 2.16. The Labute approximate surface area is 208 Å². The van der Waals surface area contributed by atoms with Crippen LogP contribution in [0.4, 0.5) is 0 Å². The van der Waals surface area contributed by atoms with Crippen molar-refractivity contribution in [3.63, 3.8) is 0 Å². The smallest absolute Gasteiger partial charge is 0.343 e. The van der Waals surface area contributed by atoms with Gasteiger partial charge >= 0.3 is 17.9 Å². The Kier molecular flexibility index (Phi) is 10.4. The van der Waals surface area contributed by atoms with E-state index in [0.717, 1.165) is 0 Å². The molecule has 0 bridgehead atoms. The molecule has 190 valence electrons. The molecular formula is C26H29N3O7. The number of hydrogen-bond donors (Lipinski definition) is 3. The molecule has 10 heteroatoms. The lowest BCUT2D eigenvalue weighted by atomic mass is 10.1. The number of hydrogen-bond acceptors (Lipinski definition) is 7. The van der Waals surface area contributed by atoms with Gasteiger partial charge in [-0.15, -0.1) is 0 Å². The summed E-state index contributed by atoms with van der Waals surface area (Å²) in [4.78, 5) is 49.3. The molecule has 2 aromatic rings. The monoisotopic (exact) mass is 495 g/mol. The molecule has 0 unspecified atom stereocenters. The molecule has 0 radical (unpaired) electrons. The number of nitrogen functional groups attached to an aromatic ring is 1. The minimum atomic E-state index is -1.05. The van der Waals surface area contributed by atoms with E-state index in [0.29, 0.717) is 28.0 Å². The number of aliphatic carboxylic acids is 1. The average Bonchev–Trinajstić information content (AvgIpc) is 2.84. The average molecular weight is 496 g/mol. The highest BCUT2D eigenvalue weighted by atomic mass is 16.5. The summed E-state index contributed by atoms with van der Waals surface area (Å²) in [5.74, 6) is -2.29. The fraction of sp³-hybridized carbons (Fsp3) is 0.269. The van der Waals surface area contributed by atoms with Crippen LogP contribution in [-0.4, -0.2) is 59.4 Å². The van der Waals surface area contributed by atoms with E-state index in [1.54, 1.807) is 68.5 Å². The molecule has 0 aliphatic rings. The molecule has 0 fully saturated rings. The minimum Gasteiger partial charge on any atom is -0.481 e. The maximum atomic E-state index is 12.9. The number of amides is 1. The fourth-order valence-corrected chi connectivity index (χ4v) is 3.15. The summed E-state index contributed by atoms with van der Waals surface area (Å²) in [5.41, 5.74) is 7.20. The summed E-state index contributed by atoms with van der Waals surface area (Å²) in [6, 6.07) is 12.6. The molecule has 1 amide bonds. The lowest BCUT2D eigenvalue weighted by molar-refractivity contribution is -0.143. The Balaban J connectivity index is 2.06. The zero-order valence-corrected chi connectivity index (χ0v) is 20.2. The highest BCUT2D eigenvalue weighted by Gasteiger charge is 2.18. The maximum Gasteiger partial charge on any atom is 0.343 e. The van der Waals surface area contributed by atoms with Gasteiger partial charge in [0.05, 0.1) is 25.0 Å². The third-order valence-electron chi connectivity index (χ3n) is 5.02. The van der Waals surface area contributed by atoms with Crippen LogP contribution in [0, 0.1) is 5.41 Å². The predicted octanol–water partition coefficient (Wildman–Crippen LogP) is 2.85. The fourth-order valence-electron chi connectivity index (χ4n) is 3.15. The summed E-state index contributed by atoms with van der Waals surface area (Å²) in [7, 11) is 0. The van der Waals surface area contributed by atoms with Crippen LogP contribution in [0.3, 0.4) is 0 Å². The number of amidine groups is 1. The van der Waals surface area contributed by atoms with E-state index < -0.39 is 23.8 Å². The van der Waals surface area contributed by atoms with Gasteiger partial charge in [0.2, 0.25) is 5.91 Å². The van der Waals surface area contributed by atoms with Gasteiger partial charge < -0.3 is 25.2 Å². The Morgan fingerprint density at radius 3 is 2.11 bits per heavy atom. The van der Waals surface area contributed by atoms with Crippen molar-refractivity contribution in [2.45, 2.75) is 26.7 Å². The molecule has 4 N–H and O–H groups in total. The third-order valence-corrected chi connectivity index (χ3v) is 5.02. The molecule has 2 aromatic carbocycles. The summed E-state index contributed by atoms with van der Waals surface area (Å²) in [6.45, 7) is 3.48. The van der Waals surface area contributed by atoms with E-state index >= 15 is 0 Å². The van der Waals surface area contributed by atoms with Crippen LogP contribution >= 0.6 is 0 Å². The Hall–Kier alpha value is -4.47. The van der Waals surface area contributed by atoms with Crippen LogP contribution < -0.4 is 10.5 Å². The first kappa shape index (κ1) is 27.8. The number of nitrogens with two attached hydrogens (primary N) is 1. The van der Waals surface area contributed by atoms with Gasteiger partial charge in [0.1, 0.15) is 11.6 Å². The van der Waals surface area contributed by atoms with E-state index in [9.17, 15) is 19.2 Å². The number of nitrogens with one attached hydrogen (secondary N) is 1. The van der Waals surface area contributed by atoms with E-state index in [2.05, 4.69) is 0 Å². The van der Waals surface area contributed by atoms with Crippen molar-refractivity contribution in [2.24, 2.45) is 5.73 Å². The molecule has 0 aromatic heterocycles. The van der Waals surface area contributed by atoms with Crippen molar-refractivity contribution in [1.82, 2.24) is 4.90 Å². The summed E-state index contributed by atoms with van der Waals surface area (Å²) < 4.78 is 10.2. The van der Waals surface area contributed by atoms with Gasteiger partial charge in [-0.25, -0.2) is 4.79 Å². The zero-order valence-electron chi connectivity index (χ0n) is 20.2. The molecule has 0 aliphatic carbocycles. The predicted molar refractivity (Wildman–Crippen MR) is 133 cm³/mol. The number of benzene rings is 2. The second kappa shape index (κ2) is 13.4. The van der Waals surface area contributed by atoms with Crippen molar-refractivity contribution in [3.8, 4) is 5.75 Å². The van der Waals surface area contributed by atoms with Crippen LogP contribution in [0.25, 0.3) is 6.08 Å². The van der Waals surface area contributed by atoms with Crippen molar-refractivity contribution >= 4 is 35.7 Å². The van der Waals surface area contributed by atoms with Gasteiger partial charge in [-0.1, -0.05) is 12.1 Å². The molecule has 10 nitrogen and oxygen atoms in total. The summed E-state index contributed by atoms with van der Waals surface area (Å²) in [5, 5.41) is 16.4. The van der Waals surface area contributed by atoms with E-state index in [1.165, 1.54) is 4.90 Å². The molecule has 0 aliphatic heterocycles. The van der Waals surface area contributed by atoms with E-state index in [1.807, 2.05) is 0 Å². The van der Waals surface area contributed by atoms with Crippen molar-refractivity contribution < 1.29 is 33.8 Å². The van der Waals surface area contributed by atoms with Crippen molar-refractivity contribution in [3.05, 3.63) is 70.8 Å². The minimum absolute atomic E-state index is 0.0360. The normalized spacial score (nSPS) is 10.9. The quantitative estimate of drug-likeness (QED) is 0.133. The zero-order chi connectivity index (χ0) is 26.7.